The Morgan fingerprint density at radius 2 is 1.77 bits per heavy atom. The van der Waals surface area contributed by atoms with Crippen molar-refractivity contribution in [3.63, 3.8) is 0 Å². The zero-order valence-electron chi connectivity index (χ0n) is 18.2. The largest absolute Gasteiger partial charge is 0.465 e. The standard InChI is InChI=1S/C20H29FN2O6S/c1-19(2,3)29-18(25)23-11-9-20(21,10-12-23)14-7-8-16(22(4)30(6,26)27)15(13-14)17(24)28-5/h7-8,13H,9-12H2,1-6H3. The number of benzene rings is 1. The number of methoxy groups -OCH3 is 1. The summed E-state index contributed by atoms with van der Waals surface area (Å²) in [6, 6.07) is 4.18. The molecule has 1 aliphatic heterocycles. The van der Waals surface area contributed by atoms with Crippen molar-refractivity contribution < 1.29 is 31.9 Å². The van der Waals surface area contributed by atoms with Crippen LogP contribution < -0.4 is 4.31 Å². The van der Waals surface area contributed by atoms with E-state index >= 15 is 4.39 Å². The van der Waals surface area contributed by atoms with Gasteiger partial charge in [-0.25, -0.2) is 22.4 Å². The lowest BCUT2D eigenvalue weighted by Crippen LogP contribution is -2.45. The lowest BCUT2D eigenvalue weighted by atomic mass is 9.85. The minimum Gasteiger partial charge on any atom is -0.465 e. The van der Waals surface area contributed by atoms with Crippen LogP contribution in [0.2, 0.25) is 0 Å². The topological polar surface area (TPSA) is 93.2 Å². The number of carbonyl (C=O) groups is 2. The molecule has 168 valence electrons. The average Bonchev–Trinajstić information content (AvgIpc) is 2.64. The summed E-state index contributed by atoms with van der Waals surface area (Å²) in [5, 5.41) is 0. The highest BCUT2D eigenvalue weighted by molar-refractivity contribution is 7.92. The maximum Gasteiger partial charge on any atom is 0.410 e. The second-order valence-corrected chi connectivity index (χ2v) is 10.4. The maximum absolute atomic E-state index is 15.7. The number of hydrogen-bond acceptors (Lipinski definition) is 6. The smallest absolute Gasteiger partial charge is 0.410 e. The van der Waals surface area contributed by atoms with Gasteiger partial charge < -0.3 is 14.4 Å². The molecule has 1 aliphatic rings. The average molecular weight is 445 g/mol. The molecule has 0 saturated carbocycles. The number of amides is 1. The van der Waals surface area contributed by atoms with Gasteiger partial charge in [0, 0.05) is 33.0 Å². The number of nitrogens with zero attached hydrogens (tertiary/aromatic N) is 2. The fraction of sp³-hybridized carbons (Fsp3) is 0.600. The second-order valence-electron chi connectivity index (χ2n) is 8.39. The number of sulfonamides is 1. The number of esters is 1. The summed E-state index contributed by atoms with van der Waals surface area (Å²) >= 11 is 0. The number of piperidine rings is 1. The van der Waals surface area contributed by atoms with Crippen LogP contribution in [-0.4, -0.2) is 64.5 Å². The van der Waals surface area contributed by atoms with Gasteiger partial charge in [-0.15, -0.1) is 0 Å². The Bertz CT molecular complexity index is 918. The molecule has 0 radical (unpaired) electrons. The van der Waals surface area contributed by atoms with Crippen molar-refractivity contribution in [2.75, 3.05) is 37.8 Å². The number of likely N-dealkylation sites (tertiary alicyclic amines) is 1. The van der Waals surface area contributed by atoms with Gasteiger partial charge in [0.25, 0.3) is 0 Å². The third-order valence-electron chi connectivity index (χ3n) is 4.96. The van der Waals surface area contributed by atoms with Crippen LogP contribution >= 0.6 is 0 Å². The Hall–Kier alpha value is -2.36. The van der Waals surface area contributed by atoms with Gasteiger partial charge in [0.1, 0.15) is 11.3 Å². The molecule has 0 spiro atoms. The summed E-state index contributed by atoms with van der Waals surface area (Å²) < 4.78 is 50.6. The van der Waals surface area contributed by atoms with Gasteiger partial charge in [0.05, 0.1) is 24.6 Å². The molecule has 0 aliphatic carbocycles. The van der Waals surface area contributed by atoms with Crippen molar-refractivity contribution in [2.45, 2.75) is 44.9 Å². The van der Waals surface area contributed by atoms with Gasteiger partial charge >= 0.3 is 12.1 Å². The molecule has 8 nitrogen and oxygen atoms in total. The lowest BCUT2D eigenvalue weighted by molar-refractivity contribution is 0.00220. The van der Waals surface area contributed by atoms with Gasteiger partial charge in [-0.05, 0) is 38.5 Å². The van der Waals surface area contributed by atoms with Crippen LogP contribution in [0.15, 0.2) is 18.2 Å². The quantitative estimate of drug-likeness (QED) is 0.663. The first-order valence-electron chi connectivity index (χ1n) is 9.51. The van der Waals surface area contributed by atoms with E-state index < -0.39 is 33.4 Å². The number of alkyl halides is 1. The zero-order valence-corrected chi connectivity index (χ0v) is 19.0. The molecule has 0 atom stereocenters. The molecule has 1 amide bonds. The SMILES string of the molecule is COC(=O)c1cc(C2(F)CCN(C(=O)OC(C)(C)C)CC2)ccc1N(C)S(C)(=O)=O. The van der Waals surface area contributed by atoms with E-state index in [0.29, 0.717) is 0 Å². The summed E-state index contributed by atoms with van der Waals surface area (Å²) in [7, 11) is -1.15. The van der Waals surface area contributed by atoms with E-state index in [1.807, 2.05) is 0 Å². The van der Waals surface area contributed by atoms with Crippen LogP contribution in [0.25, 0.3) is 0 Å². The van der Waals surface area contributed by atoms with E-state index in [2.05, 4.69) is 0 Å². The van der Waals surface area contributed by atoms with Gasteiger partial charge in [0.15, 0.2) is 0 Å². The molecule has 1 fully saturated rings. The Kier molecular flexibility index (Phi) is 6.70. The molecular formula is C20H29FN2O6S. The van der Waals surface area contributed by atoms with Crippen molar-refractivity contribution in [1.29, 1.82) is 0 Å². The molecule has 0 bridgehead atoms. The van der Waals surface area contributed by atoms with E-state index in [1.165, 1.54) is 37.3 Å². The van der Waals surface area contributed by atoms with E-state index in [-0.39, 0.29) is 42.7 Å². The van der Waals surface area contributed by atoms with Crippen LogP contribution in [0, 0.1) is 0 Å². The van der Waals surface area contributed by atoms with Gasteiger partial charge in [-0.3, -0.25) is 4.31 Å². The fourth-order valence-corrected chi connectivity index (χ4v) is 3.72. The van der Waals surface area contributed by atoms with E-state index in [9.17, 15) is 18.0 Å². The Morgan fingerprint density at radius 3 is 2.23 bits per heavy atom. The number of halogens is 1. The van der Waals surface area contributed by atoms with Crippen molar-refractivity contribution in [3.8, 4) is 0 Å². The number of ether oxygens (including phenoxy) is 2. The van der Waals surface area contributed by atoms with Crippen LogP contribution in [0.4, 0.5) is 14.9 Å². The number of hydrogen-bond donors (Lipinski definition) is 0. The summed E-state index contributed by atoms with van der Waals surface area (Å²) in [5.41, 5.74) is -2.13. The second kappa shape index (κ2) is 8.41. The summed E-state index contributed by atoms with van der Waals surface area (Å²) in [4.78, 5) is 25.9. The van der Waals surface area contributed by atoms with Gasteiger partial charge in [-0.1, -0.05) is 6.07 Å². The lowest BCUT2D eigenvalue weighted by Gasteiger charge is -2.37. The Balaban J connectivity index is 2.29. The summed E-state index contributed by atoms with van der Waals surface area (Å²) in [6.07, 6.45) is 0.553. The molecule has 2 rings (SSSR count). The molecular weight excluding hydrogens is 415 g/mol. The third kappa shape index (κ3) is 5.41. The molecule has 30 heavy (non-hydrogen) atoms. The van der Waals surface area contributed by atoms with E-state index in [1.54, 1.807) is 20.8 Å². The Morgan fingerprint density at radius 1 is 1.20 bits per heavy atom. The van der Waals surface area contributed by atoms with Crippen LogP contribution in [0.1, 0.15) is 49.5 Å². The molecule has 1 saturated heterocycles. The summed E-state index contributed by atoms with van der Waals surface area (Å²) in [5.74, 6) is -0.767. The van der Waals surface area contributed by atoms with Gasteiger partial charge in [0.2, 0.25) is 10.0 Å². The van der Waals surface area contributed by atoms with Crippen LogP contribution in [-0.2, 0) is 25.2 Å². The minimum atomic E-state index is -3.63. The van der Waals surface area contributed by atoms with E-state index in [0.717, 1.165) is 10.6 Å². The van der Waals surface area contributed by atoms with Crippen molar-refractivity contribution in [2.24, 2.45) is 0 Å². The maximum atomic E-state index is 15.7. The normalized spacial score (nSPS) is 16.7. The number of anilines is 1. The zero-order chi connectivity index (χ0) is 22.9. The molecule has 10 heteroatoms. The Labute approximate surface area is 177 Å². The first kappa shape index (κ1) is 23.9. The first-order valence-corrected chi connectivity index (χ1v) is 11.4. The van der Waals surface area contributed by atoms with Crippen LogP contribution in [0.5, 0.6) is 0 Å². The third-order valence-corrected chi connectivity index (χ3v) is 6.16. The first-order chi connectivity index (χ1) is 13.7. The number of rotatable bonds is 4. The number of carbonyl (C=O) groups excluding carboxylic acids is 2. The molecule has 0 aromatic heterocycles. The predicted octanol–water partition coefficient (Wildman–Crippen LogP) is 3.06. The molecule has 1 aromatic rings. The highest BCUT2D eigenvalue weighted by atomic mass is 32.2. The molecule has 0 N–H and O–H groups in total. The highest BCUT2D eigenvalue weighted by Gasteiger charge is 2.39. The van der Waals surface area contributed by atoms with E-state index in [4.69, 9.17) is 9.47 Å². The molecule has 1 aromatic carbocycles. The fourth-order valence-electron chi connectivity index (χ4n) is 3.20. The van der Waals surface area contributed by atoms with Crippen LogP contribution in [0.3, 0.4) is 0 Å². The van der Waals surface area contributed by atoms with Crippen molar-refractivity contribution >= 4 is 27.8 Å². The van der Waals surface area contributed by atoms with Crippen molar-refractivity contribution in [1.82, 2.24) is 4.90 Å². The highest BCUT2D eigenvalue weighted by Crippen LogP contribution is 2.39. The minimum absolute atomic E-state index is 0.0219. The monoisotopic (exact) mass is 444 g/mol. The predicted molar refractivity (Wildman–Crippen MR) is 111 cm³/mol. The van der Waals surface area contributed by atoms with Crippen molar-refractivity contribution in [3.05, 3.63) is 29.3 Å². The summed E-state index contributed by atoms with van der Waals surface area (Å²) in [6.45, 7) is 5.60. The van der Waals surface area contributed by atoms with Gasteiger partial charge in [-0.2, -0.15) is 0 Å². The molecule has 1 heterocycles. The molecule has 0 unspecified atom stereocenters.